The van der Waals surface area contributed by atoms with Crippen molar-refractivity contribution in [2.24, 2.45) is 0 Å². The lowest BCUT2D eigenvalue weighted by Crippen LogP contribution is -2.04. The molecule has 0 radical (unpaired) electrons. The highest BCUT2D eigenvalue weighted by atomic mass is 16.4. The smallest absolute Gasteiger partial charge is 0.336 e. The lowest BCUT2D eigenvalue weighted by atomic mass is 9.94. The largest absolute Gasteiger partial charge is 0.478 e. The standard InChI is InChI=1S/C20H18N2O2/c1-14-5-2-3-7-17(14)19-11-15(8-9-18(19)20(23)24)12-22-16-6-4-10-21-13-16/h2-11,13,22H,12H2,1H3,(H,23,24). The van der Waals surface area contributed by atoms with Gasteiger partial charge in [0.15, 0.2) is 0 Å². The Balaban J connectivity index is 1.94. The lowest BCUT2D eigenvalue weighted by Gasteiger charge is -2.12. The zero-order valence-corrected chi connectivity index (χ0v) is 13.4. The molecular formula is C20H18N2O2. The van der Waals surface area contributed by atoms with Crippen LogP contribution in [0.25, 0.3) is 11.1 Å². The van der Waals surface area contributed by atoms with Crippen molar-refractivity contribution in [3.63, 3.8) is 0 Å². The van der Waals surface area contributed by atoms with Crippen LogP contribution in [0.4, 0.5) is 5.69 Å². The van der Waals surface area contributed by atoms with Gasteiger partial charge in [0.05, 0.1) is 11.3 Å². The molecule has 0 amide bonds. The van der Waals surface area contributed by atoms with Crippen molar-refractivity contribution in [2.75, 3.05) is 5.32 Å². The topological polar surface area (TPSA) is 62.2 Å². The average Bonchev–Trinajstić information content (AvgIpc) is 2.61. The number of benzene rings is 2. The van der Waals surface area contributed by atoms with E-state index in [2.05, 4.69) is 10.3 Å². The van der Waals surface area contributed by atoms with Crippen molar-refractivity contribution in [1.29, 1.82) is 0 Å². The second kappa shape index (κ2) is 6.96. The molecule has 2 N–H and O–H groups in total. The number of nitrogens with zero attached hydrogens (tertiary/aromatic N) is 1. The van der Waals surface area contributed by atoms with Crippen molar-refractivity contribution >= 4 is 11.7 Å². The highest BCUT2D eigenvalue weighted by Crippen LogP contribution is 2.28. The van der Waals surface area contributed by atoms with Gasteiger partial charge in [0.25, 0.3) is 0 Å². The molecule has 0 spiro atoms. The van der Waals surface area contributed by atoms with E-state index in [-0.39, 0.29) is 0 Å². The van der Waals surface area contributed by atoms with Crippen LogP contribution in [0.15, 0.2) is 67.0 Å². The van der Waals surface area contributed by atoms with Crippen molar-refractivity contribution < 1.29 is 9.90 Å². The molecule has 0 aliphatic heterocycles. The molecule has 0 aliphatic rings. The van der Waals surface area contributed by atoms with E-state index in [1.54, 1.807) is 18.5 Å². The molecule has 3 aromatic rings. The molecule has 4 heteroatoms. The first-order valence-electron chi connectivity index (χ1n) is 7.71. The first-order chi connectivity index (χ1) is 11.6. The Bertz CT molecular complexity index is 861. The van der Waals surface area contributed by atoms with Gasteiger partial charge < -0.3 is 10.4 Å². The van der Waals surface area contributed by atoms with Crippen molar-refractivity contribution in [3.05, 3.63) is 83.7 Å². The molecule has 1 aromatic heterocycles. The van der Waals surface area contributed by atoms with Crippen LogP contribution in [0, 0.1) is 6.92 Å². The van der Waals surface area contributed by atoms with Crippen molar-refractivity contribution in [1.82, 2.24) is 4.98 Å². The summed E-state index contributed by atoms with van der Waals surface area (Å²) in [4.78, 5) is 15.6. The van der Waals surface area contributed by atoms with Crippen LogP contribution in [0.1, 0.15) is 21.5 Å². The summed E-state index contributed by atoms with van der Waals surface area (Å²) in [6.07, 6.45) is 3.48. The number of carboxylic acids is 1. The van der Waals surface area contributed by atoms with E-state index in [0.29, 0.717) is 12.1 Å². The number of aromatic carboxylic acids is 1. The van der Waals surface area contributed by atoms with Gasteiger partial charge in [-0.05, 0) is 53.4 Å². The summed E-state index contributed by atoms with van der Waals surface area (Å²) < 4.78 is 0. The molecule has 24 heavy (non-hydrogen) atoms. The summed E-state index contributed by atoms with van der Waals surface area (Å²) in [6.45, 7) is 2.59. The van der Waals surface area contributed by atoms with Gasteiger partial charge in [-0.3, -0.25) is 4.98 Å². The van der Waals surface area contributed by atoms with E-state index in [1.165, 1.54) is 0 Å². The Hall–Kier alpha value is -3.14. The Morgan fingerprint density at radius 3 is 2.62 bits per heavy atom. The van der Waals surface area contributed by atoms with Crippen LogP contribution in [-0.2, 0) is 6.54 Å². The fourth-order valence-corrected chi connectivity index (χ4v) is 2.66. The Morgan fingerprint density at radius 1 is 1.08 bits per heavy atom. The highest BCUT2D eigenvalue weighted by molar-refractivity contribution is 5.96. The van der Waals surface area contributed by atoms with Crippen LogP contribution in [-0.4, -0.2) is 16.1 Å². The Morgan fingerprint density at radius 2 is 1.92 bits per heavy atom. The minimum atomic E-state index is -0.917. The Kier molecular flexibility index (Phi) is 4.57. The quantitative estimate of drug-likeness (QED) is 0.733. The summed E-state index contributed by atoms with van der Waals surface area (Å²) in [5.74, 6) is -0.917. The molecule has 0 saturated heterocycles. The third-order valence-corrected chi connectivity index (χ3v) is 3.91. The van der Waals surface area contributed by atoms with Crippen LogP contribution < -0.4 is 5.32 Å². The van der Waals surface area contributed by atoms with E-state index < -0.39 is 5.97 Å². The van der Waals surface area contributed by atoms with Gasteiger partial charge in [0.2, 0.25) is 0 Å². The van der Waals surface area contributed by atoms with Gasteiger partial charge in [-0.1, -0.05) is 30.3 Å². The van der Waals surface area contributed by atoms with Gasteiger partial charge in [-0.2, -0.15) is 0 Å². The van der Waals surface area contributed by atoms with Crippen LogP contribution >= 0.6 is 0 Å². The summed E-state index contributed by atoms with van der Waals surface area (Å²) in [5.41, 5.74) is 5.00. The SMILES string of the molecule is Cc1ccccc1-c1cc(CNc2cccnc2)ccc1C(=O)O. The van der Waals surface area contributed by atoms with E-state index in [4.69, 9.17) is 0 Å². The molecule has 1 heterocycles. The van der Waals surface area contributed by atoms with Crippen molar-refractivity contribution in [3.8, 4) is 11.1 Å². The van der Waals surface area contributed by atoms with Gasteiger partial charge in [-0.25, -0.2) is 4.79 Å². The van der Waals surface area contributed by atoms with Gasteiger partial charge >= 0.3 is 5.97 Å². The molecule has 2 aromatic carbocycles. The van der Waals surface area contributed by atoms with Crippen LogP contribution in [0.2, 0.25) is 0 Å². The van der Waals surface area contributed by atoms with Gasteiger partial charge in [-0.15, -0.1) is 0 Å². The molecule has 0 saturated carbocycles. The monoisotopic (exact) mass is 318 g/mol. The average molecular weight is 318 g/mol. The first kappa shape index (κ1) is 15.7. The number of hydrogen-bond donors (Lipinski definition) is 2. The second-order valence-electron chi connectivity index (χ2n) is 5.60. The van der Waals surface area contributed by atoms with E-state index in [9.17, 15) is 9.90 Å². The molecular weight excluding hydrogens is 300 g/mol. The molecule has 0 atom stereocenters. The van der Waals surface area contributed by atoms with E-state index in [1.807, 2.05) is 55.5 Å². The number of carbonyl (C=O) groups is 1. The highest BCUT2D eigenvalue weighted by Gasteiger charge is 2.13. The number of rotatable bonds is 5. The zero-order chi connectivity index (χ0) is 16.9. The third kappa shape index (κ3) is 3.43. The van der Waals surface area contributed by atoms with Crippen LogP contribution in [0.3, 0.4) is 0 Å². The molecule has 0 aliphatic carbocycles. The summed E-state index contributed by atoms with van der Waals surface area (Å²) in [6, 6.07) is 17.1. The van der Waals surface area contributed by atoms with Gasteiger partial charge in [0, 0.05) is 18.9 Å². The number of aryl methyl sites for hydroxylation is 1. The predicted octanol–water partition coefficient (Wildman–Crippen LogP) is 4.37. The van der Waals surface area contributed by atoms with Crippen LogP contribution in [0.5, 0.6) is 0 Å². The Labute approximate surface area is 140 Å². The normalized spacial score (nSPS) is 10.4. The van der Waals surface area contributed by atoms with Crippen molar-refractivity contribution in [2.45, 2.75) is 13.5 Å². The molecule has 0 unspecified atom stereocenters. The maximum atomic E-state index is 11.6. The fraction of sp³-hybridized carbons (Fsp3) is 0.100. The molecule has 0 bridgehead atoms. The lowest BCUT2D eigenvalue weighted by molar-refractivity contribution is 0.0697. The molecule has 120 valence electrons. The molecule has 3 rings (SSSR count). The summed E-state index contributed by atoms with van der Waals surface area (Å²) >= 11 is 0. The summed E-state index contributed by atoms with van der Waals surface area (Å²) in [7, 11) is 0. The number of hydrogen-bond acceptors (Lipinski definition) is 3. The summed E-state index contributed by atoms with van der Waals surface area (Å²) in [5, 5.41) is 12.8. The van der Waals surface area contributed by atoms with E-state index >= 15 is 0 Å². The number of aromatic nitrogens is 1. The number of nitrogens with one attached hydrogen (secondary N) is 1. The number of pyridine rings is 1. The first-order valence-corrected chi connectivity index (χ1v) is 7.71. The maximum Gasteiger partial charge on any atom is 0.336 e. The molecule has 0 fully saturated rings. The number of carboxylic acid groups (broad SMARTS) is 1. The van der Waals surface area contributed by atoms with E-state index in [0.717, 1.165) is 27.9 Å². The number of anilines is 1. The second-order valence-corrected chi connectivity index (χ2v) is 5.60. The predicted molar refractivity (Wildman–Crippen MR) is 95.1 cm³/mol. The fourth-order valence-electron chi connectivity index (χ4n) is 2.66. The molecule has 4 nitrogen and oxygen atoms in total. The zero-order valence-electron chi connectivity index (χ0n) is 13.4. The minimum absolute atomic E-state index is 0.314. The van der Waals surface area contributed by atoms with Gasteiger partial charge in [0.1, 0.15) is 0 Å². The third-order valence-electron chi connectivity index (χ3n) is 3.91. The maximum absolute atomic E-state index is 11.6. The minimum Gasteiger partial charge on any atom is -0.478 e.